The highest BCUT2D eigenvalue weighted by Crippen LogP contribution is 2.27. The summed E-state index contributed by atoms with van der Waals surface area (Å²) in [6, 6.07) is 21.0. The molecule has 1 N–H and O–H groups in total. The van der Waals surface area contributed by atoms with Crippen LogP contribution in [-0.4, -0.2) is 66.3 Å². The van der Waals surface area contributed by atoms with E-state index in [-0.39, 0.29) is 34.8 Å². The van der Waals surface area contributed by atoms with Gasteiger partial charge in [0.25, 0.3) is 5.91 Å². The van der Waals surface area contributed by atoms with Crippen LogP contribution in [0.5, 0.6) is 0 Å². The largest absolute Gasteiger partial charge is 0.451 e. The number of para-hydroxylation sites is 1. The number of carbonyl (C=O) groups is 3. The van der Waals surface area contributed by atoms with Crippen molar-refractivity contribution >= 4 is 46.0 Å². The van der Waals surface area contributed by atoms with Crippen molar-refractivity contribution < 1.29 is 18.8 Å². The van der Waals surface area contributed by atoms with Crippen LogP contribution in [0.2, 0.25) is 5.02 Å². The molecule has 3 heterocycles. The Bertz CT molecular complexity index is 1890. The van der Waals surface area contributed by atoms with E-state index in [9.17, 15) is 19.2 Å². The van der Waals surface area contributed by atoms with E-state index >= 15 is 0 Å². The number of rotatable bonds is 8. The summed E-state index contributed by atoms with van der Waals surface area (Å²) in [6.07, 6.45) is 1.73. The molecule has 0 aliphatic carbocycles. The zero-order valence-corrected chi connectivity index (χ0v) is 28.4. The molecule has 0 spiro atoms. The van der Waals surface area contributed by atoms with Crippen LogP contribution >= 0.6 is 11.6 Å². The number of carbonyl (C=O) groups excluding carboxylic acids is 3. The molecule has 3 aromatic carbocycles. The van der Waals surface area contributed by atoms with Crippen LogP contribution < -0.4 is 15.6 Å². The summed E-state index contributed by atoms with van der Waals surface area (Å²) >= 11 is 6.11. The average molecular weight is 669 g/mol. The number of amides is 3. The zero-order valence-electron chi connectivity index (χ0n) is 27.6. The SMILES string of the molecule is CC(C)(C)c1ccc2oc(C(=O)N[C@H](Cc3ccc(Cl)cc3)C(=O)N3CCN(c4ccccc4CN4CCCC4=O)CC3)cc(=O)c2c1. The van der Waals surface area contributed by atoms with Crippen molar-refractivity contribution in [3.8, 4) is 0 Å². The van der Waals surface area contributed by atoms with E-state index in [1.165, 1.54) is 6.07 Å². The molecular weight excluding hydrogens is 628 g/mol. The molecule has 0 bridgehead atoms. The molecule has 9 nitrogen and oxygen atoms in total. The second kappa shape index (κ2) is 13.8. The average Bonchev–Trinajstić information content (AvgIpc) is 3.48. The van der Waals surface area contributed by atoms with Gasteiger partial charge >= 0.3 is 0 Å². The van der Waals surface area contributed by atoms with Crippen molar-refractivity contribution in [1.29, 1.82) is 0 Å². The van der Waals surface area contributed by atoms with Gasteiger partial charge in [0, 0.05) is 68.9 Å². The highest BCUT2D eigenvalue weighted by Gasteiger charge is 2.31. The molecule has 1 atom stereocenters. The first-order valence-electron chi connectivity index (χ1n) is 16.5. The first kappa shape index (κ1) is 33.3. The Morgan fingerprint density at radius 3 is 2.33 bits per heavy atom. The molecule has 4 aromatic rings. The number of likely N-dealkylation sites (tertiary alicyclic amines) is 1. The Kier molecular flexibility index (Phi) is 9.60. The summed E-state index contributed by atoms with van der Waals surface area (Å²) in [5.41, 5.74) is 3.80. The molecule has 48 heavy (non-hydrogen) atoms. The Morgan fingerprint density at radius 1 is 0.917 bits per heavy atom. The molecule has 250 valence electrons. The molecule has 2 fully saturated rings. The minimum atomic E-state index is -0.900. The van der Waals surface area contributed by atoms with Gasteiger partial charge in [0.1, 0.15) is 11.6 Å². The van der Waals surface area contributed by atoms with Gasteiger partial charge in [-0.05, 0) is 58.9 Å². The molecule has 3 amide bonds. The van der Waals surface area contributed by atoms with E-state index in [1.54, 1.807) is 29.2 Å². The number of fused-ring (bicyclic) bond motifs is 1. The van der Waals surface area contributed by atoms with E-state index in [1.807, 2.05) is 35.2 Å². The second-order valence-corrected chi connectivity index (χ2v) is 14.1. The van der Waals surface area contributed by atoms with Crippen LogP contribution in [-0.2, 0) is 28.0 Å². The number of piperazine rings is 1. The monoisotopic (exact) mass is 668 g/mol. The van der Waals surface area contributed by atoms with Crippen molar-refractivity contribution in [2.45, 2.75) is 58.0 Å². The molecule has 0 unspecified atom stereocenters. The van der Waals surface area contributed by atoms with Gasteiger partial charge in [-0.3, -0.25) is 19.2 Å². The van der Waals surface area contributed by atoms with Gasteiger partial charge in [0.05, 0.1) is 5.39 Å². The quantitative estimate of drug-likeness (QED) is 0.264. The third-order valence-electron chi connectivity index (χ3n) is 9.23. The molecule has 2 aliphatic rings. The van der Waals surface area contributed by atoms with E-state index in [2.05, 4.69) is 43.1 Å². The third-order valence-corrected chi connectivity index (χ3v) is 9.48. The maximum Gasteiger partial charge on any atom is 0.287 e. The number of anilines is 1. The predicted octanol–water partition coefficient (Wildman–Crippen LogP) is 5.56. The lowest BCUT2D eigenvalue weighted by Crippen LogP contribution is -2.55. The van der Waals surface area contributed by atoms with Crippen molar-refractivity contribution in [2.75, 3.05) is 37.6 Å². The summed E-state index contributed by atoms with van der Waals surface area (Å²) < 4.78 is 5.91. The molecule has 1 aromatic heterocycles. The molecule has 0 radical (unpaired) electrons. The topological polar surface area (TPSA) is 103 Å². The summed E-state index contributed by atoms with van der Waals surface area (Å²) in [6.45, 7) is 9.67. The van der Waals surface area contributed by atoms with Crippen LogP contribution in [0.15, 0.2) is 82.0 Å². The lowest BCUT2D eigenvalue weighted by molar-refractivity contribution is -0.133. The van der Waals surface area contributed by atoms with Crippen LogP contribution in [0.25, 0.3) is 11.0 Å². The van der Waals surface area contributed by atoms with Crippen LogP contribution in [0.3, 0.4) is 0 Å². The molecule has 6 rings (SSSR count). The number of hydrogen-bond acceptors (Lipinski definition) is 6. The summed E-state index contributed by atoms with van der Waals surface area (Å²) in [4.78, 5) is 59.0. The lowest BCUT2D eigenvalue weighted by atomic mass is 9.86. The van der Waals surface area contributed by atoms with Crippen LogP contribution in [0.1, 0.15) is 60.9 Å². The minimum Gasteiger partial charge on any atom is -0.451 e. The summed E-state index contributed by atoms with van der Waals surface area (Å²) in [7, 11) is 0. The lowest BCUT2D eigenvalue weighted by Gasteiger charge is -2.38. The Labute approximate surface area is 285 Å². The number of hydrogen-bond donors (Lipinski definition) is 1. The van der Waals surface area contributed by atoms with Crippen molar-refractivity contribution in [3.63, 3.8) is 0 Å². The number of benzene rings is 3. The fourth-order valence-corrected chi connectivity index (χ4v) is 6.56. The van der Waals surface area contributed by atoms with Gasteiger partial charge in [0.2, 0.25) is 11.8 Å². The van der Waals surface area contributed by atoms with Crippen LogP contribution in [0.4, 0.5) is 5.69 Å². The van der Waals surface area contributed by atoms with Gasteiger partial charge < -0.3 is 24.4 Å². The molecule has 0 saturated carbocycles. The normalized spacial score (nSPS) is 16.0. The summed E-state index contributed by atoms with van der Waals surface area (Å²) in [5, 5.41) is 3.85. The fraction of sp³-hybridized carbons (Fsp3) is 0.368. The molecule has 2 aliphatic heterocycles. The van der Waals surface area contributed by atoms with E-state index in [4.69, 9.17) is 16.0 Å². The standard InChI is InChI=1S/C38H41ClN4O5/c1-38(2,3)27-12-15-33-29(22-27)32(44)23-34(48-33)36(46)40-30(21-25-10-13-28(39)14-11-25)37(47)42-19-17-41(18-20-42)31-8-5-4-7-26(31)24-43-16-6-9-35(43)45/h4-5,7-8,10-15,22-23,30H,6,9,16-21,24H2,1-3H3,(H,40,46)/t30-/m1/s1. The second-order valence-electron chi connectivity index (χ2n) is 13.7. The third kappa shape index (κ3) is 7.41. The first-order chi connectivity index (χ1) is 23.0. The van der Waals surface area contributed by atoms with Gasteiger partial charge in [-0.2, -0.15) is 0 Å². The molecular formula is C38H41ClN4O5. The van der Waals surface area contributed by atoms with Crippen LogP contribution in [0, 0.1) is 0 Å². The van der Waals surface area contributed by atoms with Crippen molar-refractivity contribution in [1.82, 2.24) is 15.1 Å². The summed E-state index contributed by atoms with van der Waals surface area (Å²) in [5.74, 6) is -0.813. The molecule has 10 heteroatoms. The highest BCUT2D eigenvalue weighted by atomic mass is 35.5. The Morgan fingerprint density at radius 2 is 1.65 bits per heavy atom. The fourth-order valence-electron chi connectivity index (χ4n) is 6.44. The van der Waals surface area contributed by atoms with E-state index in [0.29, 0.717) is 55.1 Å². The number of nitrogens with one attached hydrogen (secondary N) is 1. The van der Waals surface area contributed by atoms with Gasteiger partial charge in [-0.25, -0.2) is 0 Å². The van der Waals surface area contributed by atoms with Gasteiger partial charge in [-0.15, -0.1) is 0 Å². The van der Waals surface area contributed by atoms with Gasteiger partial charge in [0.15, 0.2) is 11.2 Å². The number of halogens is 1. The predicted molar refractivity (Wildman–Crippen MR) is 187 cm³/mol. The van der Waals surface area contributed by atoms with Crippen molar-refractivity contribution in [2.24, 2.45) is 0 Å². The van der Waals surface area contributed by atoms with Crippen molar-refractivity contribution in [3.05, 3.63) is 110 Å². The Balaban J connectivity index is 1.19. The van der Waals surface area contributed by atoms with E-state index in [0.717, 1.165) is 35.3 Å². The minimum absolute atomic E-state index is 0.150. The first-order valence-corrected chi connectivity index (χ1v) is 16.9. The maximum absolute atomic E-state index is 14.1. The molecule has 2 saturated heterocycles. The zero-order chi connectivity index (χ0) is 34.0. The Hall–Kier alpha value is -4.63. The van der Waals surface area contributed by atoms with Gasteiger partial charge in [-0.1, -0.05) is 68.8 Å². The number of nitrogens with zero attached hydrogens (tertiary/aromatic N) is 3. The smallest absolute Gasteiger partial charge is 0.287 e. The maximum atomic E-state index is 14.1. The highest BCUT2D eigenvalue weighted by molar-refractivity contribution is 6.30. The van der Waals surface area contributed by atoms with E-state index < -0.39 is 11.9 Å².